The molecule has 1 N–H and O–H groups in total. The van der Waals surface area contributed by atoms with Crippen molar-refractivity contribution in [2.75, 3.05) is 6.54 Å². The molecule has 1 aromatic carbocycles. The Bertz CT molecular complexity index is 449. The number of hydrogen-bond acceptors (Lipinski definition) is 2. The molecule has 0 saturated heterocycles. The molecule has 0 aliphatic rings. The lowest BCUT2D eigenvalue weighted by atomic mass is 10.1. The number of carbonyl (C=O) groups excluding carboxylic acids is 1. The molecule has 3 nitrogen and oxygen atoms in total. The third kappa shape index (κ3) is 5.04. The highest BCUT2D eigenvalue weighted by Gasteiger charge is 2.15. The summed E-state index contributed by atoms with van der Waals surface area (Å²) in [6, 6.07) is 3.71. The highest BCUT2D eigenvalue weighted by molar-refractivity contribution is 6.32. The van der Waals surface area contributed by atoms with Crippen molar-refractivity contribution >= 4 is 17.5 Å². The van der Waals surface area contributed by atoms with Crippen molar-refractivity contribution in [2.45, 2.75) is 47.1 Å². The molecular formula is C16H24ClNO2. The maximum atomic E-state index is 11.9. The fourth-order valence-corrected chi connectivity index (χ4v) is 1.97. The van der Waals surface area contributed by atoms with E-state index in [4.69, 9.17) is 16.3 Å². The Morgan fingerprint density at radius 2 is 1.80 bits per heavy atom. The Hall–Kier alpha value is -1.22. The van der Waals surface area contributed by atoms with Crippen molar-refractivity contribution < 1.29 is 9.53 Å². The number of aryl methyl sites for hydroxylation is 2. The number of halogens is 1. The Labute approximate surface area is 126 Å². The maximum absolute atomic E-state index is 11.9. The molecule has 0 spiro atoms. The fourth-order valence-electron chi connectivity index (χ4n) is 1.86. The van der Waals surface area contributed by atoms with Gasteiger partial charge in [-0.15, -0.1) is 0 Å². The van der Waals surface area contributed by atoms with Crippen LogP contribution in [0.15, 0.2) is 12.1 Å². The second kappa shape index (κ2) is 7.53. The monoisotopic (exact) mass is 297 g/mol. The highest BCUT2D eigenvalue weighted by atomic mass is 35.5. The topological polar surface area (TPSA) is 38.3 Å². The Kier molecular flexibility index (Phi) is 6.34. The zero-order valence-corrected chi connectivity index (χ0v) is 13.7. The number of hydrogen-bond donors (Lipinski definition) is 1. The zero-order valence-electron chi connectivity index (χ0n) is 12.9. The molecule has 1 amide bonds. The average Bonchev–Trinajstić information content (AvgIpc) is 2.35. The van der Waals surface area contributed by atoms with Crippen LogP contribution in [-0.4, -0.2) is 18.6 Å². The van der Waals surface area contributed by atoms with Gasteiger partial charge in [0.25, 0.3) is 5.91 Å². The van der Waals surface area contributed by atoms with Gasteiger partial charge in [0, 0.05) is 11.6 Å². The number of nitrogens with one attached hydrogen (secondary N) is 1. The molecule has 1 rings (SSSR count). The molecule has 0 aliphatic carbocycles. The van der Waals surface area contributed by atoms with Gasteiger partial charge >= 0.3 is 0 Å². The summed E-state index contributed by atoms with van der Waals surface area (Å²) < 4.78 is 5.68. The van der Waals surface area contributed by atoms with E-state index < -0.39 is 6.10 Å². The molecule has 1 atom stereocenters. The number of carbonyl (C=O) groups is 1. The van der Waals surface area contributed by atoms with Gasteiger partial charge in [0.1, 0.15) is 5.75 Å². The normalized spacial score (nSPS) is 12.3. The summed E-state index contributed by atoms with van der Waals surface area (Å²) in [5.41, 5.74) is 1.91. The Balaban J connectivity index is 2.57. The molecule has 20 heavy (non-hydrogen) atoms. The Morgan fingerprint density at radius 1 is 1.25 bits per heavy atom. The van der Waals surface area contributed by atoms with E-state index in [-0.39, 0.29) is 5.91 Å². The third-order valence-corrected chi connectivity index (χ3v) is 3.71. The number of rotatable bonds is 6. The van der Waals surface area contributed by atoms with Gasteiger partial charge in [-0.05, 0) is 56.4 Å². The van der Waals surface area contributed by atoms with Crippen LogP contribution < -0.4 is 10.1 Å². The van der Waals surface area contributed by atoms with Crippen LogP contribution in [0.3, 0.4) is 0 Å². The minimum Gasteiger partial charge on any atom is -0.481 e. The van der Waals surface area contributed by atoms with E-state index in [0.717, 1.165) is 22.6 Å². The van der Waals surface area contributed by atoms with Gasteiger partial charge in [0.05, 0.1) is 0 Å². The van der Waals surface area contributed by atoms with Gasteiger partial charge in [0.15, 0.2) is 6.10 Å². The molecule has 0 bridgehead atoms. The molecular weight excluding hydrogens is 274 g/mol. The average molecular weight is 298 g/mol. The zero-order chi connectivity index (χ0) is 15.3. The van der Waals surface area contributed by atoms with Gasteiger partial charge < -0.3 is 10.1 Å². The highest BCUT2D eigenvalue weighted by Crippen LogP contribution is 2.26. The largest absolute Gasteiger partial charge is 0.481 e. The number of ether oxygens (including phenoxy) is 1. The van der Waals surface area contributed by atoms with Crippen LogP contribution >= 0.6 is 11.6 Å². The summed E-state index contributed by atoms with van der Waals surface area (Å²) in [5.74, 6) is 1.17. The molecule has 0 fully saturated rings. The summed E-state index contributed by atoms with van der Waals surface area (Å²) in [5, 5.41) is 3.63. The SMILES string of the molecule is Cc1cc(O[C@H](C)C(=O)NCCC(C)C)cc(C)c1Cl. The van der Waals surface area contributed by atoms with E-state index in [2.05, 4.69) is 19.2 Å². The minimum atomic E-state index is -0.512. The van der Waals surface area contributed by atoms with Crippen molar-refractivity contribution in [1.29, 1.82) is 0 Å². The summed E-state index contributed by atoms with van der Waals surface area (Å²) >= 11 is 6.11. The van der Waals surface area contributed by atoms with E-state index >= 15 is 0 Å². The summed E-state index contributed by atoms with van der Waals surface area (Å²) in [7, 11) is 0. The predicted octanol–water partition coefficient (Wildman–Crippen LogP) is 3.89. The second-order valence-corrected chi connectivity index (χ2v) is 5.98. The van der Waals surface area contributed by atoms with Crippen LogP contribution in [-0.2, 0) is 4.79 Å². The molecule has 0 heterocycles. The van der Waals surface area contributed by atoms with Crippen LogP contribution in [0, 0.1) is 19.8 Å². The van der Waals surface area contributed by atoms with Crippen LogP contribution in [0.4, 0.5) is 0 Å². The first-order valence-electron chi connectivity index (χ1n) is 7.02. The van der Waals surface area contributed by atoms with Crippen LogP contribution in [0.25, 0.3) is 0 Å². The van der Waals surface area contributed by atoms with E-state index in [0.29, 0.717) is 18.2 Å². The van der Waals surface area contributed by atoms with E-state index in [1.807, 2.05) is 26.0 Å². The van der Waals surface area contributed by atoms with Crippen LogP contribution in [0.1, 0.15) is 38.3 Å². The molecule has 0 aliphatic heterocycles. The molecule has 0 unspecified atom stereocenters. The molecule has 1 aromatic rings. The minimum absolute atomic E-state index is 0.0871. The smallest absolute Gasteiger partial charge is 0.260 e. The predicted molar refractivity (Wildman–Crippen MR) is 83.5 cm³/mol. The van der Waals surface area contributed by atoms with Gasteiger partial charge in [-0.1, -0.05) is 25.4 Å². The van der Waals surface area contributed by atoms with Crippen LogP contribution in [0.2, 0.25) is 5.02 Å². The molecule has 0 radical (unpaired) electrons. The Morgan fingerprint density at radius 3 is 2.30 bits per heavy atom. The summed E-state index contributed by atoms with van der Waals surface area (Å²) in [6.07, 6.45) is 0.458. The second-order valence-electron chi connectivity index (χ2n) is 5.60. The first kappa shape index (κ1) is 16.8. The third-order valence-electron chi connectivity index (χ3n) is 3.11. The van der Waals surface area contributed by atoms with Crippen LogP contribution in [0.5, 0.6) is 5.75 Å². The van der Waals surface area contributed by atoms with Gasteiger partial charge in [-0.2, -0.15) is 0 Å². The van der Waals surface area contributed by atoms with Gasteiger partial charge in [-0.3, -0.25) is 4.79 Å². The van der Waals surface area contributed by atoms with Crippen molar-refractivity contribution in [3.05, 3.63) is 28.3 Å². The van der Waals surface area contributed by atoms with E-state index in [9.17, 15) is 4.79 Å². The first-order valence-corrected chi connectivity index (χ1v) is 7.40. The van der Waals surface area contributed by atoms with Crippen molar-refractivity contribution in [2.24, 2.45) is 5.92 Å². The lowest BCUT2D eigenvalue weighted by Crippen LogP contribution is -2.37. The lowest BCUT2D eigenvalue weighted by Gasteiger charge is -2.16. The van der Waals surface area contributed by atoms with Gasteiger partial charge in [0.2, 0.25) is 0 Å². The van der Waals surface area contributed by atoms with Crippen molar-refractivity contribution in [3.8, 4) is 5.75 Å². The van der Waals surface area contributed by atoms with Crippen molar-refractivity contribution in [1.82, 2.24) is 5.32 Å². The number of amides is 1. The van der Waals surface area contributed by atoms with E-state index in [1.165, 1.54) is 0 Å². The fraction of sp³-hybridized carbons (Fsp3) is 0.562. The molecule has 112 valence electrons. The molecule has 4 heteroatoms. The lowest BCUT2D eigenvalue weighted by molar-refractivity contribution is -0.127. The first-order chi connectivity index (χ1) is 9.31. The summed E-state index contributed by atoms with van der Waals surface area (Å²) in [4.78, 5) is 11.9. The summed E-state index contributed by atoms with van der Waals surface area (Å²) in [6.45, 7) is 10.6. The van der Waals surface area contributed by atoms with Gasteiger partial charge in [-0.25, -0.2) is 0 Å². The molecule has 0 saturated carbocycles. The van der Waals surface area contributed by atoms with E-state index in [1.54, 1.807) is 6.92 Å². The van der Waals surface area contributed by atoms with Crippen molar-refractivity contribution in [3.63, 3.8) is 0 Å². The standard InChI is InChI=1S/C16H24ClNO2/c1-10(2)6-7-18-16(19)13(5)20-14-8-11(3)15(17)12(4)9-14/h8-10,13H,6-7H2,1-5H3,(H,18,19)/t13-/m1/s1. The quantitative estimate of drug-likeness (QED) is 0.865. The molecule has 0 aromatic heterocycles. The number of benzene rings is 1. The maximum Gasteiger partial charge on any atom is 0.260 e.